The molecule has 0 spiro atoms. The van der Waals surface area contributed by atoms with Gasteiger partial charge in [0.05, 0.1) is 12.8 Å². The molecule has 14 heavy (non-hydrogen) atoms. The van der Waals surface area contributed by atoms with Gasteiger partial charge in [0.1, 0.15) is 6.61 Å². The van der Waals surface area contributed by atoms with Gasteiger partial charge in [-0.2, -0.15) is 0 Å². The van der Waals surface area contributed by atoms with E-state index in [1.54, 1.807) is 6.21 Å². The van der Waals surface area contributed by atoms with E-state index >= 15 is 0 Å². The van der Waals surface area contributed by atoms with Gasteiger partial charge in [0.2, 0.25) is 0 Å². The zero-order chi connectivity index (χ0) is 10.2. The molecule has 0 N–H and O–H groups in total. The maximum absolute atomic E-state index is 10.3. The van der Waals surface area contributed by atoms with Crippen LogP contribution in [0, 0.1) is 0 Å². The third kappa shape index (κ3) is 3.58. The van der Waals surface area contributed by atoms with Gasteiger partial charge in [0, 0.05) is 0 Å². The van der Waals surface area contributed by atoms with E-state index in [9.17, 15) is 5.11 Å². The molecule has 0 aromatic heterocycles. The number of rotatable bonds is 5. The summed E-state index contributed by atoms with van der Waals surface area (Å²) >= 11 is 0. The highest BCUT2D eigenvalue weighted by atomic mass is 16.6. The first kappa shape index (κ1) is 10.7. The van der Waals surface area contributed by atoms with Crippen LogP contribution in [0.1, 0.15) is 18.1 Å². The summed E-state index contributed by atoms with van der Waals surface area (Å²) in [4.78, 5) is 4.83. The fourth-order valence-electron chi connectivity index (χ4n) is 1.06. The van der Waals surface area contributed by atoms with Gasteiger partial charge in [-0.1, -0.05) is 29.4 Å². The van der Waals surface area contributed by atoms with Crippen molar-refractivity contribution in [3.8, 4) is 0 Å². The summed E-state index contributed by atoms with van der Waals surface area (Å²) in [5.41, 5.74) is 2.04. The summed E-state index contributed by atoms with van der Waals surface area (Å²) < 4.78 is 0. The fourth-order valence-corrected chi connectivity index (χ4v) is 1.06. The van der Waals surface area contributed by atoms with Gasteiger partial charge in [0.25, 0.3) is 0 Å². The largest absolute Gasteiger partial charge is 0.396 e. The number of oxime groups is 1. The van der Waals surface area contributed by atoms with Crippen molar-refractivity contribution in [2.45, 2.75) is 13.3 Å². The van der Waals surface area contributed by atoms with Crippen LogP contribution in [0.15, 0.2) is 29.4 Å². The topological polar surface area (TPSA) is 41.5 Å². The first-order valence-corrected chi connectivity index (χ1v) is 4.69. The SMILES string of the molecule is CCON=Cc1ccc(CC[O])cc1. The Morgan fingerprint density at radius 3 is 2.64 bits per heavy atom. The Hall–Kier alpha value is -1.35. The Balaban J connectivity index is 2.54. The highest BCUT2D eigenvalue weighted by Crippen LogP contribution is 2.03. The number of nitrogens with zero attached hydrogens (tertiary/aromatic N) is 1. The minimum Gasteiger partial charge on any atom is -0.396 e. The Morgan fingerprint density at radius 2 is 2.07 bits per heavy atom. The van der Waals surface area contributed by atoms with E-state index in [1.807, 2.05) is 31.2 Å². The molecule has 0 saturated heterocycles. The molecule has 3 nitrogen and oxygen atoms in total. The standard InChI is InChI=1S/C11H14NO2/c1-2-14-12-9-11-5-3-10(4-6-11)7-8-13/h3-6,9H,2,7-8H2,1H3. The molecule has 0 atom stereocenters. The van der Waals surface area contributed by atoms with Crippen LogP contribution in [0.3, 0.4) is 0 Å². The minimum atomic E-state index is -0.0631. The van der Waals surface area contributed by atoms with Gasteiger partial charge in [-0.15, -0.1) is 0 Å². The van der Waals surface area contributed by atoms with E-state index < -0.39 is 0 Å². The predicted octanol–water partition coefficient (Wildman–Crippen LogP) is 2.03. The van der Waals surface area contributed by atoms with Gasteiger partial charge in [-0.05, 0) is 24.5 Å². The second-order valence-corrected chi connectivity index (χ2v) is 2.85. The van der Waals surface area contributed by atoms with Crippen molar-refractivity contribution < 1.29 is 9.94 Å². The first-order valence-electron chi connectivity index (χ1n) is 4.69. The summed E-state index contributed by atoms with van der Waals surface area (Å²) in [6.07, 6.45) is 2.24. The van der Waals surface area contributed by atoms with Crippen molar-refractivity contribution in [2.24, 2.45) is 5.16 Å². The van der Waals surface area contributed by atoms with E-state index in [1.165, 1.54) is 0 Å². The van der Waals surface area contributed by atoms with Gasteiger partial charge in [0.15, 0.2) is 0 Å². The lowest BCUT2D eigenvalue weighted by Crippen LogP contribution is -1.90. The molecule has 1 radical (unpaired) electrons. The highest BCUT2D eigenvalue weighted by molar-refractivity contribution is 5.79. The van der Waals surface area contributed by atoms with Crippen molar-refractivity contribution in [3.63, 3.8) is 0 Å². The van der Waals surface area contributed by atoms with Crippen LogP contribution >= 0.6 is 0 Å². The number of hydrogen-bond acceptors (Lipinski definition) is 2. The molecule has 0 bridgehead atoms. The van der Waals surface area contributed by atoms with Crippen LogP contribution in [0.25, 0.3) is 0 Å². The zero-order valence-electron chi connectivity index (χ0n) is 8.27. The maximum atomic E-state index is 10.3. The molecular weight excluding hydrogens is 178 g/mol. The highest BCUT2D eigenvalue weighted by Gasteiger charge is 1.92. The molecule has 0 fully saturated rings. The van der Waals surface area contributed by atoms with Crippen molar-refractivity contribution in [1.82, 2.24) is 0 Å². The first-order chi connectivity index (χ1) is 6.86. The summed E-state index contributed by atoms with van der Waals surface area (Å²) in [7, 11) is 0. The van der Waals surface area contributed by atoms with Crippen LogP contribution in [0.5, 0.6) is 0 Å². The molecule has 1 rings (SSSR count). The summed E-state index contributed by atoms with van der Waals surface area (Å²) in [6.45, 7) is 2.39. The molecule has 1 aromatic rings. The van der Waals surface area contributed by atoms with E-state index in [4.69, 9.17) is 4.84 Å². The Kier molecular flexibility index (Phi) is 4.72. The van der Waals surface area contributed by atoms with Crippen LogP contribution in [-0.2, 0) is 16.4 Å². The molecular formula is C11H14NO2. The van der Waals surface area contributed by atoms with Crippen LogP contribution in [0.2, 0.25) is 0 Å². The van der Waals surface area contributed by atoms with Gasteiger partial charge in [-0.25, -0.2) is 5.11 Å². The van der Waals surface area contributed by atoms with E-state index in [0.717, 1.165) is 11.1 Å². The third-order valence-corrected chi connectivity index (χ3v) is 1.78. The van der Waals surface area contributed by atoms with E-state index in [2.05, 4.69) is 5.16 Å². The predicted molar refractivity (Wildman–Crippen MR) is 54.9 cm³/mol. The van der Waals surface area contributed by atoms with Crippen LogP contribution < -0.4 is 0 Å². The van der Waals surface area contributed by atoms with Crippen molar-refractivity contribution in [1.29, 1.82) is 0 Å². The molecule has 3 heteroatoms. The molecule has 1 aromatic carbocycles. The monoisotopic (exact) mass is 192 g/mol. The van der Waals surface area contributed by atoms with Gasteiger partial charge < -0.3 is 4.84 Å². The molecule has 0 heterocycles. The van der Waals surface area contributed by atoms with Crippen LogP contribution in [0.4, 0.5) is 0 Å². The fraction of sp³-hybridized carbons (Fsp3) is 0.364. The van der Waals surface area contributed by atoms with Gasteiger partial charge in [-0.3, -0.25) is 0 Å². The third-order valence-electron chi connectivity index (χ3n) is 1.78. The van der Waals surface area contributed by atoms with Gasteiger partial charge >= 0.3 is 0 Å². The lowest BCUT2D eigenvalue weighted by atomic mass is 10.1. The zero-order valence-corrected chi connectivity index (χ0v) is 8.27. The molecule has 0 saturated carbocycles. The maximum Gasteiger partial charge on any atom is 0.114 e. The Morgan fingerprint density at radius 1 is 1.36 bits per heavy atom. The van der Waals surface area contributed by atoms with E-state index in [-0.39, 0.29) is 6.61 Å². The lowest BCUT2D eigenvalue weighted by Gasteiger charge is -1.97. The minimum absolute atomic E-state index is 0.0631. The number of benzene rings is 1. The summed E-state index contributed by atoms with van der Waals surface area (Å²) in [5.74, 6) is 0. The van der Waals surface area contributed by atoms with Crippen LogP contribution in [-0.4, -0.2) is 19.4 Å². The quantitative estimate of drug-likeness (QED) is 0.520. The molecule has 0 unspecified atom stereocenters. The Labute approximate surface area is 84.0 Å². The average molecular weight is 192 g/mol. The Bertz CT molecular complexity index is 280. The average Bonchev–Trinajstić information content (AvgIpc) is 2.21. The smallest absolute Gasteiger partial charge is 0.114 e. The normalized spacial score (nSPS) is 10.7. The molecule has 0 aliphatic heterocycles. The molecule has 0 aliphatic carbocycles. The lowest BCUT2D eigenvalue weighted by molar-refractivity contribution is 0.160. The van der Waals surface area contributed by atoms with E-state index in [0.29, 0.717) is 13.0 Å². The second-order valence-electron chi connectivity index (χ2n) is 2.85. The van der Waals surface area contributed by atoms with Crippen molar-refractivity contribution in [3.05, 3.63) is 35.4 Å². The molecule has 0 amide bonds. The molecule has 0 aliphatic rings. The summed E-state index contributed by atoms with van der Waals surface area (Å²) in [6, 6.07) is 7.72. The molecule has 75 valence electrons. The second kappa shape index (κ2) is 6.16. The number of hydrogen-bond donors (Lipinski definition) is 0. The van der Waals surface area contributed by atoms with Crippen molar-refractivity contribution >= 4 is 6.21 Å². The summed E-state index contributed by atoms with van der Waals surface area (Å²) in [5, 5.41) is 14.1. The van der Waals surface area contributed by atoms with Crippen molar-refractivity contribution in [2.75, 3.05) is 13.2 Å².